The van der Waals surface area contributed by atoms with Gasteiger partial charge in [0.05, 0.1) is 16.2 Å². The zero-order valence-corrected chi connectivity index (χ0v) is 14.6. The lowest BCUT2D eigenvalue weighted by atomic mass is 9.91. The van der Waals surface area contributed by atoms with Gasteiger partial charge in [0.25, 0.3) is 0 Å². The van der Waals surface area contributed by atoms with E-state index in [1.807, 2.05) is 18.2 Å². The number of H-pyrrole nitrogens is 1. The number of carbonyl (C=O) groups is 1. The molecule has 0 spiro atoms. The van der Waals surface area contributed by atoms with Crippen LogP contribution in [0.1, 0.15) is 23.5 Å². The van der Waals surface area contributed by atoms with Crippen LogP contribution >= 0.6 is 15.9 Å². The molecule has 1 atom stereocenters. The van der Waals surface area contributed by atoms with Crippen molar-refractivity contribution in [2.45, 2.75) is 17.2 Å². The van der Waals surface area contributed by atoms with Crippen molar-refractivity contribution in [1.82, 2.24) is 15.3 Å². The van der Waals surface area contributed by atoms with Crippen molar-refractivity contribution in [3.63, 3.8) is 0 Å². The number of nitrogens with one attached hydrogen (secondary N) is 2. The number of aromatic nitrogens is 2. The number of hydrogen-bond acceptors (Lipinski definition) is 2. The Balaban J connectivity index is 1.68. The predicted molar refractivity (Wildman–Crippen MR) is 97.1 cm³/mol. The summed E-state index contributed by atoms with van der Waals surface area (Å²) in [7, 11) is 0. The summed E-state index contributed by atoms with van der Waals surface area (Å²) in [6, 6.07) is 10.3. The van der Waals surface area contributed by atoms with Crippen molar-refractivity contribution in [2.24, 2.45) is 0 Å². The molecule has 0 fully saturated rings. The third kappa shape index (κ3) is 3.76. The highest BCUT2D eigenvalue weighted by atomic mass is 79.9. The fraction of sp³-hybridized carbons (Fsp3) is 0.222. The number of halogens is 1. The Labute approximate surface area is 148 Å². The molecule has 1 heterocycles. The Morgan fingerprint density at radius 1 is 1.38 bits per heavy atom. The third-order valence-corrected chi connectivity index (χ3v) is 4.98. The maximum Gasteiger partial charge on any atom is 0.404 e. The molecule has 1 unspecified atom stereocenters. The number of amides is 1. The molecule has 6 heteroatoms. The van der Waals surface area contributed by atoms with Crippen molar-refractivity contribution in [3.05, 3.63) is 71.8 Å². The maximum atomic E-state index is 10.5. The zero-order valence-electron chi connectivity index (χ0n) is 13.0. The summed E-state index contributed by atoms with van der Waals surface area (Å²) >= 11 is 3.80. The van der Waals surface area contributed by atoms with Crippen LogP contribution in [0.25, 0.3) is 5.57 Å². The van der Waals surface area contributed by atoms with E-state index >= 15 is 0 Å². The maximum absolute atomic E-state index is 10.5. The number of rotatable bonds is 5. The van der Waals surface area contributed by atoms with Gasteiger partial charge in [-0.3, -0.25) is 0 Å². The molecule has 1 amide bonds. The average molecular weight is 388 g/mol. The van der Waals surface area contributed by atoms with Crippen molar-refractivity contribution in [2.75, 3.05) is 6.54 Å². The fourth-order valence-electron chi connectivity index (χ4n) is 2.65. The van der Waals surface area contributed by atoms with Gasteiger partial charge >= 0.3 is 6.09 Å². The molecular weight excluding hydrogens is 370 g/mol. The normalized spacial score (nSPS) is 19.8. The van der Waals surface area contributed by atoms with Gasteiger partial charge in [-0.1, -0.05) is 64.5 Å². The molecule has 3 N–H and O–H groups in total. The van der Waals surface area contributed by atoms with Gasteiger partial charge in [-0.15, -0.1) is 0 Å². The molecule has 24 heavy (non-hydrogen) atoms. The second-order valence-electron chi connectivity index (χ2n) is 5.65. The van der Waals surface area contributed by atoms with Crippen molar-refractivity contribution < 1.29 is 9.90 Å². The van der Waals surface area contributed by atoms with Crippen molar-refractivity contribution >= 4 is 27.6 Å². The SMILES string of the molecule is O=C(O)NCCc1ncc(C2(Br)C=CC(c3ccccc3)=CC2)[nH]1. The van der Waals surface area contributed by atoms with Crippen LogP contribution in [0, 0.1) is 0 Å². The number of nitrogens with zero attached hydrogens (tertiary/aromatic N) is 1. The van der Waals surface area contributed by atoms with Crippen LogP contribution < -0.4 is 5.32 Å². The van der Waals surface area contributed by atoms with Crippen LogP contribution in [-0.2, 0) is 10.7 Å². The summed E-state index contributed by atoms with van der Waals surface area (Å²) in [5, 5.41) is 10.9. The Morgan fingerprint density at radius 3 is 2.83 bits per heavy atom. The first kappa shape index (κ1) is 16.5. The molecule has 0 radical (unpaired) electrons. The molecule has 0 bridgehead atoms. The van der Waals surface area contributed by atoms with Gasteiger partial charge < -0.3 is 15.4 Å². The lowest BCUT2D eigenvalue weighted by Gasteiger charge is -2.24. The highest BCUT2D eigenvalue weighted by Gasteiger charge is 2.29. The predicted octanol–water partition coefficient (Wildman–Crippen LogP) is 3.85. The zero-order chi connectivity index (χ0) is 17.0. The van der Waals surface area contributed by atoms with Gasteiger partial charge in [0, 0.05) is 13.0 Å². The number of aromatic amines is 1. The Kier molecular flexibility index (Phi) is 4.85. The summed E-state index contributed by atoms with van der Waals surface area (Å²) in [5.41, 5.74) is 3.37. The number of benzene rings is 1. The minimum atomic E-state index is -1.02. The number of imidazole rings is 1. The van der Waals surface area contributed by atoms with Crippen molar-refractivity contribution in [1.29, 1.82) is 0 Å². The molecule has 1 aromatic heterocycles. The van der Waals surface area contributed by atoms with Gasteiger partial charge in [0.2, 0.25) is 0 Å². The Morgan fingerprint density at radius 2 is 2.17 bits per heavy atom. The largest absolute Gasteiger partial charge is 0.465 e. The molecule has 1 aliphatic rings. The number of allylic oxidation sites excluding steroid dienone is 4. The molecule has 0 saturated heterocycles. The van der Waals surface area contributed by atoms with Crippen LogP contribution in [-0.4, -0.2) is 27.7 Å². The molecule has 1 aliphatic carbocycles. The lowest BCUT2D eigenvalue weighted by Crippen LogP contribution is -2.23. The highest BCUT2D eigenvalue weighted by Crippen LogP contribution is 2.40. The fourth-order valence-corrected chi connectivity index (χ4v) is 3.14. The van der Waals surface area contributed by atoms with Crippen LogP contribution in [0.2, 0.25) is 0 Å². The number of carboxylic acid groups (broad SMARTS) is 1. The van der Waals surface area contributed by atoms with E-state index in [2.05, 4.69) is 61.6 Å². The topological polar surface area (TPSA) is 78.0 Å². The van der Waals surface area contributed by atoms with E-state index in [-0.39, 0.29) is 4.32 Å². The van der Waals surface area contributed by atoms with E-state index in [0.717, 1.165) is 17.9 Å². The summed E-state index contributed by atoms with van der Waals surface area (Å²) in [4.78, 5) is 18.1. The number of hydrogen-bond donors (Lipinski definition) is 3. The molecule has 0 aliphatic heterocycles. The van der Waals surface area contributed by atoms with Gasteiger partial charge in [-0.2, -0.15) is 0 Å². The van der Waals surface area contributed by atoms with Crippen molar-refractivity contribution in [3.8, 4) is 0 Å². The highest BCUT2D eigenvalue weighted by molar-refractivity contribution is 9.09. The summed E-state index contributed by atoms with van der Waals surface area (Å²) < 4.78 is -0.309. The van der Waals surface area contributed by atoms with E-state index in [0.29, 0.717) is 13.0 Å². The van der Waals surface area contributed by atoms with Crippen LogP contribution in [0.3, 0.4) is 0 Å². The minimum Gasteiger partial charge on any atom is -0.465 e. The van der Waals surface area contributed by atoms with Gasteiger partial charge in [0.1, 0.15) is 5.82 Å². The molecular formula is C18H18BrN3O2. The number of alkyl halides is 1. The quantitative estimate of drug-likeness (QED) is 0.681. The second kappa shape index (κ2) is 7.05. The van der Waals surface area contributed by atoms with Gasteiger partial charge in [-0.05, 0) is 17.6 Å². The Bertz CT molecular complexity index is 783. The minimum absolute atomic E-state index is 0.309. The van der Waals surface area contributed by atoms with Crippen LogP contribution in [0.4, 0.5) is 4.79 Å². The standard InChI is InChI=1S/C18H18BrN3O2/c19-18(15-12-21-16(22-15)8-11-20-17(23)24)9-6-14(7-10-18)13-4-2-1-3-5-13/h1-7,9,12,20H,8,10-11H2,(H,21,22)(H,23,24). The molecule has 3 rings (SSSR count). The van der Waals surface area contributed by atoms with E-state index in [1.165, 1.54) is 11.1 Å². The lowest BCUT2D eigenvalue weighted by molar-refractivity contribution is 0.194. The first-order valence-electron chi connectivity index (χ1n) is 7.72. The summed E-state index contributed by atoms with van der Waals surface area (Å²) in [5.74, 6) is 0.767. The first-order valence-corrected chi connectivity index (χ1v) is 8.51. The Hall–Kier alpha value is -2.34. The average Bonchev–Trinajstić information content (AvgIpc) is 3.06. The van der Waals surface area contributed by atoms with Crippen LogP contribution in [0.15, 0.2) is 54.8 Å². The third-order valence-electron chi connectivity index (χ3n) is 3.97. The molecule has 0 saturated carbocycles. The molecule has 1 aromatic carbocycles. The summed E-state index contributed by atoms with van der Waals surface area (Å²) in [6.45, 7) is 0.339. The monoisotopic (exact) mass is 387 g/mol. The van der Waals surface area contributed by atoms with E-state index in [9.17, 15) is 4.79 Å². The molecule has 5 nitrogen and oxygen atoms in total. The van der Waals surface area contributed by atoms with Gasteiger partial charge in [-0.25, -0.2) is 9.78 Å². The van der Waals surface area contributed by atoms with Crippen LogP contribution in [0.5, 0.6) is 0 Å². The summed E-state index contributed by atoms with van der Waals surface area (Å²) in [6.07, 6.45) is 8.56. The molecule has 2 aromatic rings. The van der Waals surface area contributed by atoms with E-state index < -0.39 is 6.09 Å². The first-order chi connectivity index (χ1) is 11.6. The van der Waals surface area contributed by atoms with Gasteiger partial charge in [0.15, 0.2) is 0 Å². The second-order valence-corrected chi connectivity index (χ2v) is 7.07. The van der Waals surface area contributed by atoms with E-state index in [4.69, 9.17) is 5.11 Å². The van der Waals surface area contributed by atoms with E-state index in [1.54, 1.807) is 6.20 Å². The molecule has 124 valence electrons. The smallest absolute Gasteiger partial charge is 0.404 e.